The Morgan fingerprint density at radius 1 is 0.250 bits per heavy atom. The maximum absolute atomic E-state index is 5.14. The molecule has 0 saturated carbocycles. The van der Waals surface area contributed by atoms with Crippen LogP contribution in [0.1, 0.15) is 0 Å². The Hall–Kier alpha value is -7.49. The van der Waals surface area contributed by atoms with Crippen molar-refractivity contribution in [1.29, 1.82) is 0 Å². The third kappa shape index (κ3) is 5.32. The number of fused-ring (bicyclic) bond motifs is 6. The second-order valence-corrected chi connectivity index (χ2v) is 14.4. The quantitative estimate of drug-likeness (QED) is 0.168. The largest absolute Gasteiger partial charge is 0.309 e. The number of benzene rings is 8. The molecule has 0 unspecified atom stereocenters. The van der Waals surface area contributed by atoms with Gasteiger partial charge in [0.25, 0.3) is 0 Å². The maximum atomic E-state index is 5.14. The molecular formula is C53H35N3. The SMILES string of the molecule is c1ccc(-c2cc(-c3cccc(-n4c5ccccc5c5ccc(-c6ccc7c(c6)c6ccccc6n7-c6ccccc6)cc54)c3)cc(-c3ccccc3)n2)cc1. The Morgan fingerprint density at radius 2 is 0.714 bits per heavy atom. The predicted molar refractivity (Wildman–Crippen MR) is 235 cm³/mol. The first-order valence-corrected chi connectivity index (χ1v) is 19.1. The molecule has 11 rings (SSSR count). The van der Waals surface area contributed by atoms with Gasteiger partial charge in [-0.05, 0) is 89.0 Å². The van der Waals surface area contributed by atoms with Crippen LogP contribution >= 0.6 is 0 Å². The van der Waals surface area contributed by atoms with Gasteiger partial charge in [0.05, 0.1) is 33.5 Å². The molecule has 0 radical (unpaired) electrons. The van der Waals surface area contributed by atoms with Gasteiger partial charge in [-0.25, -0.2) is 4.98 Å². The second-order valence-electron chi connectivity index (χ2n) is 14.4. The van der Waals surface area contributed by atoms with Gasteiger partial charge in [0.1, 0.15) is 0 Å². The monoisotopic (exact) mass is 713 g/mol. The van der Waals surface area contributed by atoms with Crippen molar-refractivity contribution >= 4 is 43.6 Å². The molecule has 0 aliphatic rings. The molecule has 262 valence electrons. The maximum Gasteiger partial charge on any atom is 0.0715 e. The van der Waals surface area contributed by atoms with Crippen molar-refractivity contribution in [3.05, 3.63) is 212 Å². The fraction of sp³-hybridized carbons (Fsp3) is 0. The van der Waals surface area contributed by atoms with E-state index in [0.29, 0.717) is 0 Å². The van der Waals surface area contributed by atoms with Crippen LogP contribution in [0.2, 0.25) is 0 Å². The van der Waals surface area contributed by atoms with E-state index in [1.54, 1.807) is 0 Å². The number of pyridine rings is 1. The number of hydrogen-bond donors (Lipinski definition) is 0. The van der Waals surface area contributed by atoms with Gasteiger partial charge >= 0.3 is 0 Å². The van der Waals surface area contributed by atoms with E-state index in [1.807, 2.05) is 0 Å². The lowest BCUT2D eigenvalue weighted by atomic mass is 9.99. The van der Waals surface area contributed by atoms with Crippen molar-refractivity contribution < 1.29 is 0 Å². The number of aromatic nitrogens is 3. The molecule has 0 spiro atoms. The van der Waals surface area contributed by atoms with Gasteiger partial charge in [-0.1, -0.05) is 146 Å². The minimum atomic E-state index is 0.956. The fourth-order valence-electron chi connectivity index (χ4n) is 8.47. The lowest BCUT2D eigenvalue weighted by molar-refractivity contribution is 1.18. The van der Waals surface area contributed by atoms with Crippen LogP contribution in [0.3, 0.4) is 0 Å². The summed E-state index contributed by atoms with van der Waals surface area (Å²) in [4.78, 5) is 5.14. The minimum Gasteiger partial charge on any atom is -0.309 e. The van der Waals surface area contributed by atoms with E-state index in [0.717, 1.165) is 39.3 Å². The standard InChI is InChI=1S/C53H35N3/c1-4-15-36(16-5-1)48-33-41(34-49(54-48)37-17-6-2-7-18-37)38-19-14-22-43(31-38)56-50-25-12-10-23-44(50)46-29-27-40(35-53(46)56)39-28-30-52-47(32-39)45-24-11-13-26-51(45)55(52)42-20-8-3-9-21-42/h1-35H. The average molecular weight is 714 g/mol. The van der Waals surface area contributed by atoms with Crippen molar-refractivity contribution in [2.45, 2.75) is 0 Å². The Balaban J connectivity index is 1.08. The van der Waals surface area contributed by atoms with Crippen LogP contribution < -0.4 is 0 Å². The Labute approximate surface area is 325 Å². The Kier molecular flexibility index (Phi) is 7.49. The van der Waals surface area contributed by atoms with Gasteiger partial charge in [-0.2, -0.15) is 0 Å². The van der Waals surface area contributed by atoms with Crippen molar-refractivity contribution in [3.63, 3.8) is 0 Å². The highest BCUT2D eigenvalue weighted by Crippen LogP contribution is 2.39. The zero-order chi connectivity index (χ0) is 37.0. The highest BCUT2D eigenvalue weighted by atomic mass is 15.0. The van der Waals surface area contributed by atoms with Crippen LogP contribution in [0, 0.1) is 0 Å². The molecule has 0 aliphatic heterocycles. The van der Waals surface area contributed by atoms with Crippen LogP contribution in [0.15, 0.2) is 212 Å². The Morgan fingerprint density at radius 3 is 1.39 bits per heavy atom. The van der Waals surface area contributed by atoms with Gasteiger partial charge in [-0.3, -0.25) is 0 Å². The summed E-state index contributed by atoms with van der Waals surface area (Å²) in [5.74, 6) is 0. The zero-order valence-corrected chi connectivity index (χ0v) is 30.5. The molecule has 0 amide bonds. The van der Waals surface area contributed by atoms with E-state index in [1.165, 1.54) is 60.4 Å². The van der Waals surface area contributed by atoms with Gasteiger partial charge in [-0.15, -0.1) is 0 Å². The van der Waals surface area contributed by atoms with Crippen LogP contribution in [0.5, 0.6) is 0 Å². The normalized spacial score (nSPS) is 11.6. The van der Waals surface area contributed by atoms with Crippen molar-refractivity contribution in [3.8, 4) is 56.1 Å². The summed E-state index contributed by atoms with van der Waals surface area (Å²) in [7, 11) is 0. The van der Waals surface area contributed by atoms with Crippen LogP contribution in [0.4, 0.5) is 0 Å². The summed E-state index contributed by atoms with van der Waals surface area (Å²) in [5.41, 5.74) is 15.8. The smallest absolute Gasteiger partial charge is 0.0715 e. The molecule has 0 fully saturated rings. The van der Waals surface area contributed by atoms with Crippen LogP contribution in [0.25, 0.3) is 99.8 Å². The molecule has 3 heteroatoms. The van der Waals surface area contributed by atoms with Gasteiger partial charge in [0, 0.05) is 44.0 Å². The van der Waals surface area contributed by atoms with Crippen molar-refractivity contribution in [2.24, 2.45) is 0 Å². The summed E-state index contributed by atoms with van der Waals surface area (Å²) in [6, 6.07) is 76.3. The molecule has 0 atom stereocenters. The highest BCUT2D eigenvalue weighted by molar-refractivity contribution is 6.12. The summed E-state index contributed by atoms with van der Waals surface area (Å²) in [6.07, 6.45) is 0. The van der Waals surface area contributed by atoms with Crippen molar-refractivity contribution in [2.75, 3.05) is 0 Å². The first kappa shape index (κ1) is 32.0. The predicted octanol–water partition coefficient (Wildman–Crippen LogP) is 13.9. The number of nitrogens with zero attached hydrogens (tertiary/aromatic N) is 3. The molecule has 0 saturated heterocycles. The summed E-state index contributed by atoms with van der Waals surface area (Å²) < 4.78 is 4.80. The number of para-hydroxylation sites is 3. The first-order chi connectivity index (χ1) is 27.8. The fourth-order valence-corrected chi connectivity index (χ4v) is 8.47. The summed E-state index contributed by atoms with van der Waals surface area (Å²) >= 11 is 0. The lowest BCUT2D eigenvalue weighted by Gasteiger charge is -2.13. The number of rotatable bonds is 6. The molecule has 8 aromatic carbocycles. The van der Waals surface area contributed by atoms with E-state index >= 15 is 0 Å². The Bertz CT molecular complexity index is 3170. The summed E-state index contributed by atoms with van der Waals surface area (Å²) in [6.45, 7) is 0. The van der Waals surface area contributed by atoms with E-state index in [-0.39, 0.29) is 0 Å². The number of hydrogen-bond acceptors (Lipinski definition) is 1. The van der Waals surface area contributed by atoms with Gasteiger partial charge in [0.2, 0.25) is 0 Å². The van der Waals surface area contributed by atoms with Gasteiger partial charge < -0.3 is 9.13 Å². The molecule has 0 aliphatic carbocycles. The molecule has 0 bridgehead atoms. The molecular weight excluding hydrogens is 679 g/mol. The van der Waals surface area contributed by atoms with E-state index in [4.69, 9.17) is 4.98 Å². The lowest BCUT2D eigenvalue weighted by Crippen LogP contribution is -1.95. The third-order valence-corrected chi connectivity index (χ3v) is 11.1. The zero-order valence-electron chi connectivity index (χ0n) is 30.5. The average Bonchev–Trinajstić information content (AvgIpc) is 3.79. The van der Waals surface area contributed by atoms with Gasteiger partial charge in [0.15, 0.2) is 0 Å². The molecule has 56 heavy (non-hydrogen) atoms. The summed E-state index contributed by atoms with van der Waals surface area (Å²) in [5, 5.41) is 4.97. The first-order valence-electron chi connectivity index (χ1n) is 19.1. The molecule has 3 heterocycles. The highest BCUT2D eigenvalue weighted by Gasteiger charge is 2.17. The molecule has 11 aromatic rings. The van der Waals surface area contributed by atoms with E-state index in [2.05, 4.69) is 221 Å². The van der Waals surface area contributed by atoms with E-state index < -0.39 is 0 Å². The minimum absolute atomic E-state index is 0.956. The van der Waals surface area contributed by atoms with E-state index in [9.17, 15) is 0 Å². The molecule has 3 aromatic heterocycles. The van der Waals surface area contributed by atoms with Crippen molar-refractivity contribution in [1.82, 2.24) is 14.1 Å². The van der Waals surface area contributed by atoms with Crippen LogP contribution in [-0.4, -0.2) is 14.1 Å². The third-order valence-electron chi connectivity index (χ3n) is 11.1. The molecule has 3 nitrogen and oxygen atoms in total. The topological polar surface area (TPSA) is 22.8 Å². The molecule has 0 N–H and O–H groups in total. The van der Waals surface area contributed by atoms with Crippen LogP contribution in [-0.2, 0) is 0 Å². The second kappa shape index (κ2) is 13.1.